The van der Waals surface area contributed by atoms with E-state index in [4.69, 9.17) is 4.74 Å². The van der Waals surface area contributed by atoms with Crippen LogP contribution in [0.1, 0.15) is 37.7 Å². The minimum absolute atomic E-state index is 0.226. The van der Waals surface area contributed by atoms with Crippen molar-refractivity contribution in [2.45, 2.75) is 38.5 Å². The van der Waals surface area contributed by atoms with Crippen LogP contribution in [0.3, 0.4) is 0 Å². The lowest BCUT2D eigenvalue weighted by molar-refractivity contribution is -0.122. The Hall–Kier alpha value is -1.31. The summed E-state index contributed by atoms with van der Waals surface area (Å²) in [5, 5.41) is 0. The molecule has 0 aromatic heterocycles. The smallest absolute Gasteiger partial charge is 0.136 e. The Morgan fingerprint density at radius 3 is 3.00 bits per heavy atom. The summed E-state index contributed by atoms with van der Waals surface area (Å²) in [6.07, 6.45) is 6.18. The van der Waals surface area contributed by atoms with Crippen molar-refractivity contribution in [1.82, 2.24) is 0 Å². The average molecular weight is 232 g/mol. The summed E-state index contributed by atoms with van der Waals surface area (Å²) < 4.78 is 5.21. The number of Topliss-reactive ketones (excluding diaryl/α,β-unsaturated/α-hetero) is 1. The highest BCUT2D eigenvalue weighted by atomic mass is 16.5. The van der Waals surface area contributed by atoms with E-state index < -0.39 is 0 Å². The van der Waals surface area contributed by atoms with Gasteiger partial charge in [-0.25, -0.2) is 0 Å². The van der Waals surface area contributed by atoms with Crippen molar-refractivity contribution in [3.63, 3.8) is 0 Å². The third-order valence-corrected chi connectivity index (χ3v) is 3.55. The number of hydrogen-bond donors (Lipinski definition) is 0. The molecule has 1 aliphatic rings. The molecule has 2 heteroatoms. The second-order valence-electron chi connectivity index (χ2n) is 4.82. The van der Waals surface area contributed by atoms with Gasteiger partial charge in [0.25, 0.3) is 0 Å². The molecule has 0 saturated heterocycles. The second kappa shape index (κ2) is 5.85. The van der Waals surface area contributed by atoms with Gasteiger partial charge in [-0.15, -0.1) is 0 Å². The molecule has 1 unspecified atom stereocenters. The van der Waals surface area contributed by atoms with Crippen LogP contribution in [-0.2, 0) is 11.2 Å². The van der Waals surface area contributed by atoms with Crippen LogP contribution in [-0.4, -0.2) is 12.9 Å². The van der Waals surface area contributed by atoms with Crippen molar-refractivity contribution in [3.05, 3.63) is 29.8 Å². The van der Waals surface area contributed by atoms with E-state index in [-0.39, 0.29) is 5.92 Å². The highest BCUT2D eigenvalue weighted by Crippen LogP contribution is 2.24. The van der Waals surface area contributed by atoms with Crippen LogP contribution < -0.4 is 4.74 Å². The summed E-state index contributed by atoms with van der Waals surface area (Å²) in [6, 6.07) is 8.06. The van der Waals surface area contributed by atoms with E-state index in [9.17, 15) is 4.79 Å². The summed E-state index contributed by atoms with van der Waals surface area (Å²) in [5.74, 6) is 1.55. The van der Waals surface area contributed by atoms with Crippen LogP contribution in [0.4, 0.5) is 0 Å². The van der Waals surface area contributed by atoms with E-state index in [2.05, 4.69) is 6.07 Å². The van der Waals surface area contributed by atoms with Gasteiger partial charge in [-0.1, -0.05) is 25.0 Å². The lowest BCUT2D eigenvalue weighted by Crippen LogP contribution is -2.15. The fraction of sp³-hybridized carbons (Fsp3) is 0.533. The maximum absolute atomic E-state index is 11.9. The standard InChI is InChI=1S/C15H20O2/c1-17-14-8-5-6-12(11-14)10-13-7-3-2-4-9-15(13)16/h5-6,8,11,13H,2-4,7,9-10H2,1H3. The van der Waals surface area contributed by atoms with Gasteiger partial charge in [0.2, 0.25) is 0 Å². The highest BCUT2D eigenvalue weighted by molar-refractivity contribution is 5.81. The summed E-state index contributed by atoms with van der Waals surface area (Å²) in [5.41, 5.74) is 1.21. The van der Waals surface area contributed by atoms with Crippen molar-refractivity contribution < 1.29 is 9.53 Å². The van der Waals surface area contributed by atoms with E-state index in [0.717, 1.165) is 31.4 Å². The number of methoxy groups -OCH3 is 1. The fourth-order valence-corrected chi connectivity index (χ4v) is 2.53. The molecule has 1 saturated carbocycles. The molecular weight excluding hydrogens is 212 g/mol. The third-order valence-electron chi connectivity index (χ3n) is 3.55. The van der Waals surface area contributed by atoms with Gasteiger partial charge < -0.3 is 4.74 Å². The Morgan fingerprint density at radius 1 is 1.29 bits per heavy atom. The number of ether oxygens (including phenoxy) is 1. The van der Waals surface area contributed by atoms with Crippen LogP contribution in [0.15, 0.2) is 24.3 Å². The normalized spacial score (nSPS) is 21.0. The molecule has 1 aromatic rings. The molecule has 0 spiro atoms. The lowest BCUT2D eigenvalue weighted by atomic mass is 9.91. The van der Waals surface area contributed by atoms with Gasteiger partial charge in [-0.2, -0.15) is 0 Å². The first-order valence-electron chi connectivity index (χ1n) is 6.45. The number of carbonyl (C=O) groups is 1. The van der Waals surface area contributed by atoms with Crippen molar-refractivity contribution in [2.24, 2.45) is 5.92 Å². The van der Waals surface area contributed by atoms with Gasteiger partial charge in [0.1, 0.15) is 11.5 Å². The largest absolute Gasteiger partial charge is 0.497 e. The molecule has 0 heterocycles. The van der Waals surface area contributed by atoms with E-state index in [1.54, 1.807) is 7.11 Å². The first kappa shape index (κ1) is 12.2. The van der Waals surface area contributed by atoms with Gasteiger partial charge in [-0.05, 0) is 37.0 Å². The fourth-order valence-electron chi connectivity index (χ4n) is 2.53. The Labute approximate surface area is 103 Å². The van der Waals surface area contributed by atoms with Gasteiger partial charge in [0, 0.05) is 12.3 Å². The first-order valence-corrected chi connectivity index (χ1v) is 6.45. The Balaban J connectivity index is 2.05. The molecule has 0 N–H and O–H groups in total. The number of benzene rings is 1. The minimum atomic E-state index is 0.226. The molecule has 0 amide bonds. The molecule has 1 fully saturated rings. The van der Waals surface area contributed by atoms with Crippen LogP contribution in [0, 0.1) is 5.92 Å². The molecule has 0 bridgehead atoms. The quantitative estimate of drug-likeness (QED) is 0.747. The zero-order chi connectivity index (χ0) is 12.1. The zero-order valence-electron chi connectivity index (χ0n) is 10.4. The number of carbonyl (C=O) groups excluding carboxylic acids is 1. The lowest BCUT2D eigenvalue weighted by Gasteiger charge is -2.13. The summed E-state index contributed by atoms with van der Waals surface area (Å²) in [6.45, 7) is 0. The van der Waals surface area contributed by atoms with E-state index in [1.807, 2.05) is 18.2 Å². The van der Waals surface area contributed by atoms with Gasteiger partial charge >= 0.3 is 0 Å². The number of rotatable bonds is 3. The maximum atomic E-state index is 11.9. The molecule has 1 atom stereocenters. The Morgan fingerprint density at radius 2 is 2.18 bits per heavy atom. The Kier molecular flexibility index (Phi) is 4.18. The van der Waals surface area contributed by atoms with E-state index in [0.29, 0.717) is 5.78 Å². The molecule has 0 aliphatic heterocycles. The predicted octanol–water partition coefficient (Wildman–Crippen LogP) is 3.39. The zero-order valence-corrected chi connectivity index (χ0v) is 10.4. The first-order chi connectivity index (χ1) is 8.29. The Bertz CT molecular complexity index is 384. The van der Waals surface area contributed by atoms with Gasteiger partial charge in [0.05, 0.1) is 7.11 Å². The van der Waals surface area contributed by atoms with Crippen LogP contribution >= 0.6 is 0 Å². The van der Waals surface area contributed by atoms with Crippen LogP contribution in [0.5, 0.6) is 5.75 Å². The molecule has 0 radical (unpaired) electrons. The summed E-state index contributed by atoms with van der Waals surface area (Å²) in [7, 11) is 1.68. The highest BCUT2D eigenvalue weighted by Gasteiger charge is 2.20. The van der Waals surface area contributed by atoms with Crippen molar-refractivity contribution in [1.29, 1.82) is 0 Å². The van der Waals surface area contributed by atoms with E-state index in [1.165, 1.54) is 18.4 Å². The average Bonchev–Trinajstić information content (AvgIpc) is 2.55. The minimum Gasteiger partial charge on any atom is -0.497 e. The predicted molar refractivity (Wildman–Crippen MR) is 68.3 cm³/mol. The molecule has 2 nitrogen and oxygen atoms in total. The van der Waals surface area contributed by atoms with Gasteiger partial charge in [-0.3, -0.25) is 4.79 Å². The molecule has 1 aromatic carbocycles. The summed E-state index contributed by atoms with van der Waals surface area (Å²) >= 11 is 0. The summed E-state index contributed by atoms with van der Waals surface area (Å²) in [4.78, 5) is 11.9. The SMILES string of the molecule is COc1cccc(CC2CCCCCC2=O)c1. The monoisotopic (exact) mass is 232 g/mol. The second-order valence-corrected chi connectivity index (χ2v) is 4.82. The van der Waals surface area contributed by atoms with Gasteiger partial charge in [0.15, 0.2) is 0 Å². The molecular formula is C15H20O2. The molecule has 2 rings (SSSR count). The van der Waals surface area contributed by atoms with Crippen molar-refractivity contribution in [2.75, 3.05) is 7.11 Å². The van der Waals surface area contributed by atoms with Crippen molar-refractivity contribution >= 4 is 5.78 Å². The molecule has 1 aliphatic carbocycles. The maximum Gasteiger partial charge on any atom is 0.136 e. The van der Waals surface area contributed by atoms with Crippen molar-refractivity contribution in [3.8, 4) is 5.75 Å². The van der Waals surface area contributed by atoms with Crippen LogP contribution in [0.2, 0.25) is 0 Å². The topological polar surface area (TPSA) is 26.3 Å². The molecule has 92 valence electrons. The third kappa shape index (κ3) is 3.32. The van der Waals surface area contributed by atoms with Crippen LogP contribution in [0.25, 0.3) is 0 Å². The number of ketones is 1. The molecule has 17 heavy (non-hydrogen) atoms. The van der Waals surface area contributed by atoms with E-state index >= 15 is 0 Å². The number of hydrogen-bond acceptors (Lipinski definition) is 2.